The maximum atomic E-state index is 12.4. The Morgan fingerprint density at radius 3 is 2.28 bits per heavy atom. The molecule has 3 N–H and O–H groups in total. The molecule has 2 rings (SSSR count). The monoisotopic (exact) mass is 541 g/mol. The van der Waals surface area contributed by atoms with E-state index in [1.165, 1.54) is 0 Å². The Morgan fingerprint density at radius 1 is 1.03 bits per heavy atom. The van der Waals surface area contributed by atoms with Crippen molar-refractivity contribution in [3.8, 4) is 5.75 Å². The second kappa shape index (κ2) is 10.2. The van der Waals surface area contributed by atoms with Gasteiger partial charge in [0.15, 0.2) is 11.7 Å². The average molecular weight is 543 g/mol. The fraction of sp³-hybridized carbons (Fsp3) is 0.250. The van der Waals surface area contributed by atoms with Crippen molar-refractivity contribution in [3.63, 3.8) is 0 Å². The molecule has 9 heteroatoms. The van der Waals surface area contributed by atoms with Crippen molar-refractivity contribution in [3.05, 3.63) is 62.5 Å². The maximum Gasteiger partial charge on any atom is 0.276 e. The number of hydrazine groups is 1. The van der Waals surface area contributed by atoms with Crippen LogP contribution in [-0.2, 0) is 10.2 Å². The van der Waals surface area contributed by atoms with Crippen LogP contribution in [0.25, 0.3) is 0 Å². The summed E-state index contributed by atoms with van der Waals surface area (Å²) in [6.07, 6.45) is 0. The number of thiocarbonyl (C=S) groups is 1. The van der Waals surface area contributed by atoms with E-state index >= 15 is 0 Å². The lowest BCUT2D eigenvalue weighted by Gasteiger charge is -2.21. The van der Waals surface area contributed by atoms with Crippen molar-refractivity contribution in [2.24, 2.45) is 0 Å². The zero-order chi connectivity index (χ0) is 21.6. The van der Waals surface area contributed by atoms with Gasteiger partial charge < -0.3 is 4.74 Å². The van der Waals surface area contributed by atoms with Gasteiger partial charge in [-0.3, -0.25) is 25.8 Å². The zero-order valence-electron chi connectivity index (χ0n) is 16.1. The van der Waals surface area contributed by atoms with Gasteiger partial charge in [0, 0.05) is 14.5 Å². The lowest BCUT2D eigenvalue weighted by atomic mass is 9.86. The zero-order valence-corrected chi connectivity index (χ0v) is 20.1. The molecule has 0 aliphatic carbocycles. The van der Waals surface area contributed by atoms with E-state index in [4.69, 9.17) is 17.0 Å². The first kappa shape index (κ1) is 23.3. The van der Waals surface area contributed by atoms with Crippen LogP contribution in [0.2, 0.25) is 0 Å². The Balaban J connectivity index is 1.81. The number of benzene rings is 2. The minimum absolute atomic E-state index is 0.0250. The standard InChI is InChI=1S/C20H21Br2N3O3S/c1-20(2,3)15-9-4-12(10-16(15)22)18(27)23-19(29)25-24-17(26)11-28-14-7-5-13(21)6-8-14/h4-10H,11H2,1-3H3,(H,24,26)(H2,23,25,27,29). The molecule has 0 radical (unpaired) electrons. The summed E-state index contributed by atoms with van der Waals surface area (Å²) in [5, 5.41) is 2.49. The predicted octanol–water partition coefficient (Wildman–Crippen LogP) is 4.22. The number of halogens is 2. The topological polar surface area (TPSA) is 79.5 Å². The first-order valence-corrected chi connectivity index (χ1v) is 10.6. The van der Waals surface area contributed by atoms with E-state index < -0.39 is 5.91 Å². The van der Waals surface area contributed by atoms with E-state index in [2.05, 4.69) is 68.8 Å². The van der Waals surface area contributed by atoms with Gasteiger partial charge in [0.25, 0.3) is 11.8 Å². The van der Waals surface area contributed by atoms with Crippen LogP contribution in [0, 0.1) is 0 Å². The lowest BCUT2D eigenvalue weighted by molar-refractivity contribution is -0.123. The van der Waals surface area contributed by atoms with Crippen LogP contribution in [0.3, 0.4) is 0 Å². The third-order valence-electron chi connectivity index (χ3n) is 3.77. The van der Waals surface area contributed by atoms with Gasteiger partial charge >= 0.3 is 0 Å². The summed E-state index contributed by atoms with van der Waals surface area (Å²) in [7, 11) is 0. The molecule has 0 spiro atoms. The van der Waals surface area contributed by atoms with Gasteiger partial charge in [0.05, 0.1) is 0 Å². The maximum absolute atomic E-state index is 12.4. The van der Waals surface area contributed by atoms with Gasteiger partial charge in [-0.25, -0.2) is 0 Å². The van der Waals surface area contributed by atoms with E-state index in [9.17, 15) is 9.59 Å². The van der Waals surface area contributed by atoms with Gasteiger partial charge in [0.1, 0.15) is 5.75 Å². The van der Waals surface area contributed by atoms with Gasteiger partial charge in [-0.1, -0.05) is 58.7 Å². The number of hydrogen-bond donors (Lipinski definition) is 3. The Hall–Kier alpha value is -1.97. The van der Waals surface area contributed by atoms with Crippen molar-refractivity contribution in [1.82, 2.24) is 16.2 Å². The molecule has 0 heterocycles. The van der Waals surface area contributed by atoms with E-state index in [1.54, 1.807) is 24.3 Å². The number of rotatable bonds is 4. The predicted molar refractivity (Wildman–Crippen MR) is 124 cm³/mol. The number of hydrogen-bond acceptors (Lipinski definition) is 4. The third-order valence-corrected chi connectivity index (χ3v) is 5.15. The van der Waals surface area contributed by atoms with E-state index in [1.807, 2.05) is 18.2 Å². The molecule has 6 nitrogen and oxygen atoms in total. The van der Waals surface area contributed by atoms with E-state index in [0.29, 0.717) is 11.3 Å². The normalized spacial score (nSPS) is 10.8. The summed E-state index contributed by atoms with van der Waals surface area (Å²) in [5.41, 5.74) is 6.34. The summed E-state index contributed by atoms with van der Waals surface area (Å²) in [5.74, 6) is -0.269. The third kappa shape index (κ3) is 7.41. The molecular formula is C20H21Br2N3O3S. The average Bonchev–Trinajstić information content (AvgIpc) is 2.64. The van der Waals surface area contributed by atoms with Crippen molar-refractivity contribution in [2.45, 2.75) is 26.2 Å². The first-order valence-electron chi connectivity index (χ1n) is 8.65. The van der Waals surface area contributed by atoms with Crippen LogP contribution in [0.5, 0.6) is 5.75 Å². The highest BCUT2D eigenvalue weighted by atomic mass is 79.9. The highest BCUT2D eigenvalue weighted by Gasteiger charge is 2.18. The minimum Gasteiger partial charge on any atom is -0.484 e. The van der Waals surface area contributed by atoms with Crippen molar-refractivity contribution in [2.75, 3.05) is 6.61 Å². The lowest BCUT2D eigenvalue weighted by Crippen LogP contribution is -2.49. The molecule has 0 aromatic heterocycles. The fourth-order valence-corrected chi connectivity index (χ4v) is 3.69. The SMILES string of the molecule is CC(C)(C)c1ccc(C(=O)NC(=S)NNC(=O)COc2ccc(Br)cc2)cc1Br. The Labute approximate surface area is 192 Å². The molecule has 0 saturated carbocycles. The number of nitrogens with one attached hydrogen (secondary N) is 3. The van der Waals surface area contributed by atoms with Crippen LogP contribution in [-0.4, -0.2) is 23.5 Å². The molecule has 0 fully saturated rings. The molecule has 0 aliphatic rings. The van der Waals surface area contributed by atoms with Crippen LogP contribution in [0.15, 0.2) is 51.4 Å². The minimum atomic E-state index is -0.443. The van der Waals surface area contributed by atoms with Gasteiger partial charge in [0.2, 0.25) is 0 Å². The molecule has 2 aromatic rings. The number of carbonyl (C=O) groups is 2. The first-order chi connectivity index (χ1) is 13.6. The number of amides is 2. The van der Waals surface area contributed by atoms with Crippen LogP contribution < -0.4 is 20.9 Å². The van der Waals surface area contributed by atoms with Crippen LogP contribution in [0.4, 0.5) is 0 Å². The molecule has 0 atom stereocenters. The fourth-order valence-electron chi connectivity index (χ4n) is 2.31. The van der Waals surface area contributed by atoms with Crippen LogP contribution >= 0.6 is 44.1 Å². The Bertz CT molecular complexity index is 912. The second-order valence-corrected chi connectivity index (χ2v) is 9.32. The number of carbonyl (C=O) groups excluding carboxylic acids is 2. The summed E-state index contributed by atoms with van der Waals surface area (Å²) < 4.78 is 7.11. The van der Waals surface area contributed by atoms with E-state index in [0.717, 1.165) is 14.5 Å². The molecule has 154 valence electrons. The quantitative estimate of drug-likeness (QED) is 0.398. The highest BCUT2D eigenvalue weighted by Crippen LogP contribution is 2.30. The molecular weight excluding hydrogens is 522 g/mol. The van der Waals surface area contributed by atoms with Gasteiger partial charge in [-0.05, 0) is 59.6 Å². The largest absolute Gasteiger partial charge is 0.484 e. The van der Waals surface area contributed by atoms with Gasteiger partial charge in [-0.2, -0.15) is 0 Å². The summed E-state index contributed by atoms with van der Waals surface area (Å²) in [6, 6.07) is 12.5. The molecule has 0 bridgehead atoms. The second-order valence-electron chi connectivity index (χ2n) is 7.14. The molecule has 29 heavy (non-hydrogen) atoms. The molecule has 0 saturated heterocycles. The van der Waals surface area contributed by atoms with Crippen molar-refractivity contribution in [1.29, 1.82) is 0 Å². The smallest absolute Gasteiger partial charge is 0.276 e. The molecule has 2 aromatic carbocycles. The van der Waals surface area contributed by atoms with Crippen molar-refractivity contribution < 1.29 is 14.3 Å². The van der Waals surface area contributed by atoms with Crippen molar-refractivity contribution >= 4 is 61.0 Å². The molecule has 0 unspecified atom stereocenters. The highest BCUT2D eigenvalue weighted by molar-refractivity contribution is 9.10. The van der Waals surface area contributed by atoms with Crippen LogP contribution in [0.1, 0.15) is 36.7 Å². The molecule has 0 aliphatic heterocycles. The summed E-state index contributed by atoms with van der Waals surface area (Å²) >= 11 is 11.9. The summed E-state index contributed by atoms with van der Waals surface area (Å²) in [4.78, 5) is 24.2. The molecule has 2 amide bonds. The Morgan fingerprint density at radius 2 is 1.69 bits per heavy atom. The summed E-state index contributed by atoms with van der Waals surface area (Å²) in [6.45, 7) is 6.07. The number of ether oxygens (including phenoxy) is 1. The Kier molecular flexibility index (Phi) is 8.18. The van der Waals surface area contributed by atoms with E-state index in [-0.39, 0.29) is 23.0 Å². The van der Waals surface area contributed by atoms with Gasteiger partial charge in [-0.15, -0.1) is 0 Å².